The van der Waals surface area contributed by atoms with Crippen LogP contribution in [-0.2, 0) is 9.53 Å². The molecule has 0 bridgehead atoms. The lowest BCUT2D eigenvalue weighted by Gasteiger charge is -2.37. The largest absolute Gasteiger partial charge is 0.377 e. The van der Waals surface area contributed by atoms with Crippen LogP contribution in [0.15, 0.2) is 0 Å². The summed E-state index contributed by atoms with van der Waals surface area (Å²) in [4.78, 5) is 16.6. The average Bonchev–Trinajstić information content (AvgIpc) is 2.38. The monoisotopic (exact) mass is 255 g/mol. The van der Waals surface area contributed by atoms with E-state index in [4.69, 9.17) is 10.5 Å². The average molecular weight is 255 g/mol. The summed E-state index contributed by atoms with van der Waals surface area (Å²) in [7, 11) is 2.13. The van der Waals surface area contributed by atoms with Gasteiger partial charge in [0.2, 0.25) is 5.91 Å². The first-order valence-electron chi connectivity index (χ1n) is 6.96. The lowest BCUT2D eigenvalue weighted by atomic mass is 9.94. The van der Waals surface area contributed by atoms with E-state index in [2.05, 4.69) is 11.9 Å². The molecule has 2 heterocycles. The number of carbonyl (C=O) groups is 1. The molecule has 2 rings (SSSR count). The molecule has 2 fully saturated rings. The van der Waals surface area contributed by atoms with Crippen molar-refractivity contribution in [1.29, 1.82) is 0 Å². The van der Waals surface area contributed by atoms with Crippen LogP contribution in [0.2, 0.25) is 0 Å². The van der Waals surface area contributed by atoms with Gasteiger partial charge in [0.25, 0.3) is 0 Å². The predicted molar refractivity (Wildman–Crippen MR) is 70.2 cm³/mol. The molecule has 2 aliphatic rings. The number of piperidine rings is 1. The van der Waals surface area contributed by atoms with Gasteiger partial charge in [-0.2, -0.15) is 0 Å². The Morgan fingerprint density at radius 3 is 3.00 bits per heavy atom. The highest BCUT2D eigenvalue weighted by Gasteiger charge is 2.28. The second kappa shape index (κ2) is 6.50. The van der Waals surface area contributed by atoms with Crippen LogP contribution in [-0.4, -0.2) is 68.2 Å². The van der Waals surface area contributed by atoms with Gasteiger partial charge in [0.05, 0.1) is 19.3 Å². The van der Waals surface area contributed by atoms with E-state index in [0.717, 1.165) is 13.1 Å². The minimum Gasteiger partial charge on any atom is -0.377 e. The molecular formula is C13H25N3O2. The summed E-state index contributed by atoms with van der Waals surface area (Å²) in [5.41, 5.74) is 5.70. The van der Waals surface area contributed by atoms with Crippen molar-refractivity contribution in [3.8, 4) is 0 Å². The van der Waals surface area contributed by atoms with E-state index in [0.29, 0.717) is 38.6 Å². The third-order valence-electron chi connectivity index (χ3n) is 4.01. The van der Waals surface area contributed by atoms with Gasteiger partial charge in [0.15, 0.2) is 0 Å². The third-order valence-corrected chi connectivity index (χ3v) is 4.01. The first-order chi connectivity index (χ1) is 8.70. The van der Waals surface area contributed by atoms with E-state index >= 15 is 0 Å². The lowest BCUT2D eigenvalue weighted by molar-refractivity contribution is -0.140. The Morgan fingerprint density at radius 1 is 1.44 bits per heavy atom. The van der Waals surface area contributed by atoms with E-state index in [1.165, 1.54) is 12.8 Å². The second-order valence-corrected chi connectivity index (χ2v) is 5.53. The van der Waals surface area contributed by atoms with E-state index in [1.807, 2.05) is 4.90 Å². The van der Waals surface area contributed by atoms with Gasteiger partial charge in [0, 0.05) is 26.1 Å². The maximum Gasteiger partial charge on any atom is 0.223 e. The first-order valence-corrected chi connectivity index (χ1v) is 6.96. The van der Waals surface area contributed by atoms with Crippen molar-refractivity contribution in [3.63, 3.8) is 0 Å². The van der Waals surface area contributed by atoms with Crippen LogP contribution in [0.1, 0.15) is 19.3 Å². The number of nitrogens with zero attached hydrogens (tertiary/aromatic N) is 2. The molecule has 104 valence electrons. The molecular weight excluding hydrogens is 230 g/mol. The SMILES string of the molecule is CN1CCCC(CC(=O)N2CCOCC2CN)C1. The number of amides is 1. The van der Waals surface area contributed by atoms with E-state index < -0.39 is 0 Å². The fraction of sp³-hybridized carbons (Fsp3) is 0.923. The zero-order valence-corrected chi connectivity index (χ0v) is 11.3. The van der Waals surface area contributed by atoms with Gasteiger partial charge in [-0.3, -0.25) is 4.79 Å². The van der Waals surface area contributed by atoms with Gasteiger partial charge in [-0.25, -0.2) is 0 Å². The Hall–Kier alpha value is -0.650. The number of hydrogen-bond donors (Lipinski definition) is 1. The van der Waals surface area contributed by atoms with Gasteiger partial charge in [-0.05, 0) is 32.4 Å². The summed E-state index contributed by atoms with van der Waals surface area (Å²) < 4.78 is 5.38. The van der Waals surface area contributed by atoms with Crippen molar-refractivity contribution in [3.05, 3.63) is 0 Å². The van der Waals surface area contributed by atoms with Crippen molar-refractivity contribution >= 4 is 5.91 Å². The van der Waals surface area contributed by atoms with Crippen molar-refractivity contribution < 1.29 is 9.53 Å². The van der Waals surface area contributed by atoms with Crippen molar-refractivity contribution in [2.75, 3.05) is 46.4 Å². The molecule has 0 aromatic rings. The van der Waals surface area contributed by atoms with Gasteiger partial charge in [-0.1, -0.05) is 0 Å². The van der Waals surface area contributed by atoms with Crippen LogP contribution in [0, 0.1) is 5.92 Å². The van der Waals surface area contributed by atoms with Crippen LogP contribution < -0.4 is 5.73 Å². The van der Waals surface area contributed by atoms with Crippen LogP contribution in [0.25, 0.3) is 0 Å². The molecule has 2 saturated heterocycles. The topological polar surface area (TPSA) is 58.8 Å². The minimum atomic E-state index is 0.0765. The Labute approximate surface area is 109 Å². The Morgan fingerprint density at radius 2 is 2.28 bits per heavy atom. The number of hydrogen-bond acceptors (Lipinski definition) is 4. The van der Waals surface area contributed by atoms with Crippen LogP contribution in [0.3, 0.4) is 0 Å². The quantitative estimate of drug-likeness (QED) is 0.765. The number of ether oxygens (including phenoxy) is 1. The molecule has 0 aromatic carbocycles. The smallest absolute Gasteiger partial charge is 0.223 e. The molecule has 2 N–H and O–H groups in total. The molecule has 2 aliphatic heterocycles. The summed E-state index contributed by atoms with van der Waals surface area (Å²) in [6.45, 7) is 4.64. The molecule has 5 nitrogen and oxygen atoms in total. The summed E-state index contributed by atoms with van der Waals surface area (Å²) in [5, 5.41) is 0. The number of likely N-dealkylation sites (tertiary alicyclic amines) is 1. The molecule has 2 atom stereocenters. The highest BCUT2D eigenvalue weighted by molar-refractivity contribution is 5.77. The van der Waals surface area contributed by atoms with Crippen molar-refractivity contribution in [2.45, 2.75) is 25.3 Å². The van der Waals surface area contributed by atoms with Gasteiger partial charge in [0.1, 0.15) is 0 Å². The maximum absolute atomic E-state index is 12.3. The van der Waals surface area contributed by atoms with E-state index in [9.17, 15) is 4.79 Å². The molecule has 0 aromatic heterocycles. The summed E-state index contributed by atoms with van der Waals surface area (Å²) >= 11 is 0. The van der Waals surface area contributed by atoms with Gasteiger partial charge >= 0.3 is 0 Å². The van der Waals surface area contributed by atoms with Crippen LogP contribution in [0.5, 0.6) is 0 Å². The lowest BCUT2D eigenvalue weighted by Crippen LogP contribution is -2.52. The number of rotatable bonds is 3. The van der Waals surface area contributed by atoms with Crippen LogP contribution >= 0.6 is 0 Å². The van der Waals surface area contributed by atoms with Gasteiger partial charge < -0.3 is 20.3 Å². The standard InChI is InChI=1S/C13H25N3O2/c1-15-4-2-3-11(9-15)7-13(17)16-5-6-18-10-12(16)8-14/h11-12H,2-10,14H2,1H3. The molecule has 0 saturated carbocycles. The number of morpholine rings is 1. The highest BCUT2D eigenvalue weighted by Crippen LogP contribution is 2.20. The third kappa shape index (κ3) is 3.43. The fourth-order valence-corrected chi connectivity index (χ4v) is 2.98. The summed E-state index contributed by atoms with van der Waals surface area (Å²) in [5.74, 6) is 0.770. The highest BCUT2D eigenvalue weighted by atomic mass is 16.5. The minimum absolute atomic E-state index is 0.0765. The molecule has 2 unspecified atom stereocenters. The van der Waals surface area contributed by atoms with E-state index in [1.54, 1.807) is 0 Å². The van der Waals surface area contributed by atoms with Gasteiger partial charge in [-0.15, -0.1) is 0 Å². The predicted octanol–water partition coefficient (Wildman–Crippen LogP) is -0.0956. The Balaban J connectivity index is 1.85. The zero-order valence-electron chi connectivity index (χ0n) is 11.3. The Bertz CT molecular complexity index is 285. The molecule has 0 aliphatic carbocycles. The fourth-order valence-electron chi connectivity index (χ4n) is 2.98. The molecule has 1 amide bonds. The van der Waals surface area contributed by atoms with Crippen LogP contribution in [0.4, 0.5) is 0 Å². The number of nitrogens with two attached hydrogens (primary N) is 1. The molecule has 18 heavy (non-hydrogen) atoms. The second-order valence-electron chi connectivity index (χ2n) is 5.53. The molecule has 5 heteroatoms. The molecule has 0 spiro atoms. The van der Waals surface area contributed by atoms with E-state index in [-0.39, 0.29) is 11.9 Å². The maximum atomic E-state index is 12.3. The Kier molecular flexibility index (Phi) is 4.97. The summed E-state index contributed by atoms with van der Waals surface area (Å²) in [6.07, 6.45) is 3.05. The molecule has 0 radical (unpaired) electrons. The van der Waals surface area contributed by atoms with Crippen molar-refractivity contribution in [1.82, 2.24) is 9.80 Å². The summed E-state index contributed by atoms with van der Waals surface area (Å²) in [6, 6.07) is 0.0765. The normalized spacial score (nSPS) is 30.4. The zero-order chi connectivity index (χ0) is 13.0. The van der Waals surface area contributed by atoms with Crippen molar-refractivity contribution in [2.24, 2.45) is 11.7 Å². The first kappa shape index (κ1) is 13.8. The number of carbonyl (C=O) groups excluding carboxylic acids is 1.